The van der Waals surface area contributed by atoms with Crippen molar-refractivity contribution in [2.24, 2.45) is 0 Å². The molecule has 0 aromatic heterocycles. The van der Waals surface area contributed by atoms with Gasteiger partial charge in [0.1, 0.15) is 19.8 Å². The Hall–Kier alpha value is -2.81. The minimum absolute atomic E-state index is 0.0325. The summed E-state index contributed by atoms with van der Waals surface area (Å²) < 4.78 is 34.4. The Morgan fingerprint density at radius 1 is 0.348 bits per heavy atom. The molecule has 0 aromatic rings. The lowest BCUT2D eigenvalue weighted by molar-refractivity contribution is -0.870. The van der Waals surface area contributed by atoms with Crippen molar-refractivity contribution in [2.75, 3.05) is 47.5 Å². The molecular formula is C82H150NO8P. The van der Waals surface area contributed by atoms with E-state index >= 15 is 0 Å². The van der Waals surface area contributed by atoms with Gasteiger partial charge in [-0.2, -0.15) is 0 Å². The first-order chi connectivity index (χ1) is 45.0. The van der Waals surface area contributed by atoms with E-state index in [1.54, 1.807) is 0 Å². The number of esters is 2. The molecule has 0 heterocycles. The second-order valence-corrected chi connectivity index (χ2v) is 29.1. The van der Waals surface area contributed by atoms with Crippen molar-refractivity contribution in [3.63, 3.8) is 0 Å². The van der Waals surface area contributed by atoms with Crippen LogP contribution in [0.15, 0.2) is 85.1 Å². The van der Waals surface area contributed by atoms with E-state index in [-0.39, 0.29) is 32.0 Å². The number of hydrogen-bond acceptors (Lipinski definition) is 8. The maximum atomic E-state index is 12.9. The first-order valence-corrected chi connectivity index (χ1v) is 40.8. The molecule has 2 atom stereocenters. The molecule has 0 saturated carbocycles. The molecule has 0 amide bonds. The summed E-state index contributed by atoms with van der Waals surface area (Å²) in [4.78, 5) is 38.2. The fourth-order valence-electron chi connectivity index (χ4n) is 11.5. The van der Waals surface area contributed by atoms with Crippen molar-refractivity contribution in [1.29, 1.82) is 0 Å². The Balaban J connectivity index is 3.97. The Labute approximate surface area is 571 Å². The predicted octanol–water partition coefficient (Wildman–Crippen LogP) is 25.4. The standard InChI is InChI=1S/C82H150NO8P/c1-6-8-10-12-14-16-18-20-22-24-26-28-30-32-34-36-38-40-41-43-44-46-48-50-52-54-56-58-60-62-64-66-68-70-72-74-81(84)88-78-80(79-90-92(86,87)89-77-76-83(3,4)5)91-82(85)75-73-71-69-67-65-63-61-59-57-55-53-51-49-47-45-42-39-37-35-33-31-29-27-25-23-21-19-17-15-13-11-9-7-2/h9,11,15,17,21,23,27,29,33,35,39,42,47,49,80H,6-8,10,12-14,16,18-20,22,24-26,28,30-32,34,36-38,40-41,43-46,48,50-79H2,1-5H3/b11-9-,17-15-,23-21-,29-27-,35-33-,42-39-,49-47-. The summed E-state index contributed by atoms with van der Waals surface area (Å²) >= 11 is 0. The Kier molecular flexibility index (Phi) is 70.2. The number of phosphoric acid groups is 1. The van der Waals surface area contributed by atoms with Crippen molar-refractivity contribution in [3.05, 3.63) is 85.1 Å². The van der Waals surface area contributed by atoms with E-state index in [4.69, 9.17) is 18.5 Å². The molecule has 0 aliphatic carbocycles. The summed E-state index contributed by atoms with van der Waals surface area (Å²) in [5, 5.41) is 0. The third kappa shape index (κ3) is 76.2. The first-order valence-electron chi connectivity index (χ1n) is 39.3. The summed E-state index contributed by atoms with van der Waals surface area (Å²) in [5.41, 5.74) is 0. The van der Waals surface area contributed by atoms with Gasteiger partial charge < -0.3 is 27.9 Å². The molecule has 10 heteroatoms. The summed E-state index contributed by atoms with van der Waals surface area (Å²) in [7, 11) is 1.17. The van der Waals surface area contributed by atoms with Crippen LogP contribution in [-0.4, -0.2) is 70.0 Å². The molecule has 0 rings (SSSR count). The normalized spacial score (nSPS) is 13.5. The van der Waals surface area contributed by atoms with Crippen LogP contribution in [0.5, 0.6) is 0 Å². The zero-order valence-electron chi connectivity index (χ0n) is 61.2. The lowest BCUT2D eigenvalue weighted by atomic mass is 10.0. The van der Waals surface area contributed by atoms with Gasteiger partial charge in [-0.25, -0.2) is 0 Å². The van der Waals surface area contributed by atoms with E-state index in [2.05, 4.69) is 98.9 Å². The average molecular weight is 1310 g/mol. The number of quaternary nitrogens is 1. The van der Waals surface area contributed by atoms with E-state index in [1.165, 1.54) is 250 Å². The topological polar surface area (TPSA) is 111 Å². The molecule has 0 spiro atoms. The van der Waals surface area contributed by atoms with Gasteiger partial charge in [-0.1, -0.05) is 375 Å². The minimum Gasteiger partial charge on any atom is -0.756 e. The van der Waals surface area contributed by atoms with Gasteiger partial charge in [-0.05, 0) is 70.6 Å². The Morgan fingerprint density at radius 2 is 0.620 bits per heavy atom. The Bertz CT molecular complexity index is 1830. The molecule has 9 nitrogen and oxygen atoms in total. The second-order valence-electron chi connectivity index (χ2n) is 27.7. The van der Waals surface area contributed by atoms with Gasteiger partial charge in [-0.15, -0.1) is 0 Å². The van der Waals surface area contributed by atoms with Gasteiger partial charge >= 0.3 is 11.9 Å². The molecule has 2 unspecified atom stereocenters. The number of carbonyl (C=O) groups excluding carboxylic acids is 2. The number of carbonyl (C=O) groups is 2. The summed E-state index contributed by atoms with van der Waals surface area (Å²) in [6.45, 7) is 4.18. The molecule has 0 aromatic carbocycles. The van der Waals surface area contributed by atoms with Crippen LogP contribution in [0.1, 0.15) is 373 Å². The fourth-order valence-corrected chi connectivity index (χ4v) is 12.2. The van der Waals surface area contributed by atoms with E-state index in [0.717, 1.165) is 89.9 Å². The first kappa shape index (κ1) is 89.2. The summed E-state index contributed by atoms with van der Waals surface area (Å²) in [5.74, 6) is -0.823. The molecule has 0 fully saturated rings. The fraction of sp³-hybridized carbons (Fsp3) is 0.805. The van der Waals surface area contributed by atoms with Crippen molar-refractivity contribution < 1.29 is 42.1 Å². The monoisotopic (exact) mass is 1310 g/mol. The van der Waals surface area contributed by atoms with Crippen LogP contribution in [0.25, 0.3) is 0 Å². The highest BCUT2D eigenvalue weighted by atomic mass is 31.2. The van der Waals surface area contributed by atoms with Gasteiger partial charge in [0.2, 0.25) is 0 Å². The van der Waals surface area contributed by atoms with Crippen molar-refractivity contribution in [3.8, 4) is 0 Å². The SMILES string of the molecule is CC/C=C\C/C=C\C/C=C\C/C=C\C/C=C\C/C=C\C/C=C\CCCCCCCCCCCCCC(=O)OC(COC(=O)CCCCCCCCCCCCCCCCCCCCCCCCCCCCCCCCCCCCC)COP(=O)([O-])OCC[N+](C)(C)C. The number of ether oxygens (including phenoxy) is 2. The van der Waals surface area contributed by atoms with Gasteiger partial charge in [0.05, 0.1) is 27.7 Å². The number of allylic oxidation sites excluding steroid dienone is 14. The van der Waals surface area contributed by atoms with E-state index in [9.17, 15) is 19.0 Å². The van der Waals surface area contributed by atoms with Gasteiger partial charge in [0.25, 0.3) is 7.82 Å². The third-order valence-corrected chi connectivity index (χ3v) is 18.4. The smallest absolute Gasteiger partial charge is 0.306 e. The maximum absolute atomic E-state index is 12.9. The molecule has 0 N–H and O–H groups in total. The number of hydrogen-bond donors (Lipinski definition) is 0. The lowest BCUT2D eigenvalue weighted by Gasteiger charge is -2.28. The maximum Gasteiger partial charge on any atom is 0.306 e. The molecule has 0 bridgehead atoms. The highest BCUT2D eigenvalue weighted by molar-refractivity contribution is 7.45. The summed E-state index contributed by atoms with van der Waals surface area (Å²) in [6.07, 6.45) is 99.9. The van der Waals surface area contributed by atoms with Crippen LogP contribution in [0.2, 0.25) is 0 Å². The number of phosphoric ester groups is 1. The molecule has 0 saturated heterocycles. The van der Waals surface area contributed by atoms with Crippen molar-refractivity contribution in [1.82, 2.24) is 0 Å². The highest BCUT2D eigenvalue weighted by Crippen LogP contribution is 2.38. The molecule has 0 aliphatic rings. The summed E-state index contributed by atoms with van der Waals surface area (Å²) in [6, 6.07) is 0. The number of unbranched alkanes of at least 4 members (excludes halogenated alkanes) is 45. The van der Waals surface area contributed by atoms with Gasteiger partial charge in [0, 0.05) is 12.8 Å². The quantitative estimate of drug-likeness (QED) is 0.0195. The van der Waals surface area contributed by atoms with Crippen LogP contribution in [0, 0.1) is 0 Å². The second kappa shape index (κ2) is 72.5. The van der Waals surface area contributed by atoms with Crippen LogP contribution in [0.4, 0.5) is 0 Å². The van der Waals surface area contributed by atoms with Crippen LogP contribution in [-0.2, 0) is 32.7 Å². The molecule has 536 valence electrons. The lowest BCUT2D eigenvalue weighted by Crippen LogP contribution is -2.37. The van der Waals surface area contributed by atoms with E-state index < -0.39 is 26.5 Å². The highest BCUT2D eigenvalue weighted by Gasteiger charge is 2.22. The largest absolute Gasteiger partial charge is 0.756 e. The number of likely N-dealkylation sites (N-methyl/N-ethyl adjacent to an activating group) is 1. The van der Waals surface area contributed by atoms with Crippen molar-refractivity contribution in [2.45, 2.75) is 380 Å². The van der Waals surface area contributed by atoms with Crippen LogP contribution in [0.3, 0.4) is 0 Å². The molecule has 0 aliphatic heterocycles. The minimum atomic E-state index is -4.65. The average Bonchev–Trinajstić information content (AvgIpc) is 2.23. The van der Waals surface area contributed by atoms with Gasteiger partial charge in [0.15, 0.2) is 6.10 Å². The molecule has 92 heavy (non-hydrogen) atoms. The predicted molar refractivity (Wildman–Crippen MR) is 397 cm³/mol. The number of nitrogens with zero attached hydrogens (tertiary/aromatic N) is 1. The number of rotatable bonds is 73. The van der Waals surface area contributed by atoms with Gasteiger partial charge in [-0.3, -0.25) is 14.2 Å². The Morgan fingerprint density at radius 3 is 0.924 bits per heavy atom. The van der Waals surface area contributed by atoms with E-state index in [0.29, 0.717) is 17.4 Å². The zero-order chi connectivity index (χ0) is 66.9. The van der Waals surface area contributed by atoms with Crippen molar-refractivity contribution >= 4 is 19.8 Å². The van der Waals surface area contributed by atoms with E-state index in [1.807, 2.05) is 21.1 Å². The van der Waals surface area contributed by atoms with Crippen LogP contribution >= 0.6 is 7.82 Å². The zero-order valence-corrected chi connectivity index (χ0v) is 62.1. The molecule has 0 radical (unpaired) electrons. The van der Waals surface area contributed by atoms with Crippen LogP contribution < -0.4 is 4.89 Å². The third-order valence-electron chi connectivity index (χ3n) is 17.4. The molecular weight excluding hydrogens is 1160 g/mol.